The number of rotatable bonds is 3. The molecule has 2 aromatic heterocycles. The van der Waals surface area contributed by atoms with E-state index in [2.05, 4.69) is 10.1 Å². The van der Waals surface area contributed by atoms with Crippen LogP contribution in [0.5, 0.6) is 5.88 Å². The van der Waals surface area contributed by atoms with Gasteiger partial charge in [0.25, 0.3) is 0 Å². The van der Waals surface area contributed by atoms with Gasteiger partial charge in [0.15, 0.2) is 11.5 Å². The average Bonchev–Trinajstić information content (AvgIpc) is 2.80. The predicted octanol–water partition coefficient (Wildman–Crippen LogP) is 2.98. The summed E-state index contributed by atoms with van der Waals surface area (Å²) in [6.45, 7) is 0. The van der Waals surface area contributed by atoms with Crippen molar-refractivity contribution in [2.24, 2.45) is 0 Å². The number of aromatic nitrogens is 3. The van der Waals surface area contributed by atoms with E-state index < -0.39 is 0 Å². The van der Waals surface area contributed by atoms with Crippen molar-refractivity contribution in [1.82, 2.24) is 14.6 Å². The first-order chi connectivity index (χ1) is 9.26. The second-order valence-corrected chi connectivity index (χ2v) is 4.61. The summed E-state index contributed by atoms with van der Waals surface area (Å²) >= 11 is 5.97. The summed E-state index contributed by atoms with van der Waals surface area (Å²) in [4.78, 5) is 4.48. The van der Waals surface area contributed by atoms with Gasteiger partial charge in [0.1, 0.15) is 0 Å². The number of fused-ring (bicyclic) bond motifs is 1. The highest BCUT2D eigenvalue weighted by atomic mass is 35.5. The van der Waals surface area contributed by atoms with E-state index in [9.17, 15) is 0 Å². The molecule has 0 unspecified atom stereocenters. The molecule has 0 bridgehead atoms. The average molecular weight is 274 g/mol. The summed E-state index contributed by atoms with van der Waals surface area (Å²) in [5.41, 5.74) is 1.86. The Bertz CT molecular complexity index is 724. The minimum atomic E-state index is 0.644. The molecule has 5 heteroatoms. The number of nitrogens with zero attached hydrogens (tertiary/aromatic N) is 3. The fourth-order valence-corrected chi connectivity index (χ4v) is 2.20. The molecule has 0 amide bonds. The van der Waals surface area contributed by atoms with E-state index in [4.69, 9.17) is 16.3 Å². The van der Waals surface area contributed by atoms with Crippen molar-refractivity contribution in [3.05, 3.63) is 58.9 Å². The third-order valence-electron chi connectivity index (χ3n) is 2.83. The molecule has 0 aliphatic rings. The first-order valence-corrected chi connectivity index (χ1v) is 6.27. The smallest absolute Gasteiger partial charge is 0.216 e. The molecule has 0 spiro atoms. The van der Waals surface area contributed by atoms with Gasteiger partial charge in [-0.15, -0.1) is 5.10 Å². The third kappa shape index (κ3) is 2.39. The maximum absolute atomic E-state index is 5.97. The lowest BCUT2D eigenvalue weighted by Gasteiger charge is -2.00. The highest BCUT2D eigenvalue weighted by Gasteiger charge is 2.08. The predicted molar refractivity (Wildman–Crippen MR) is 73.8 cm³/mol. The molecule has 0 fully saturated rings. The first kappa shape index (κ1) is 12.0. The number of ether oxygens (including phenoxy) is 1. The molecule has 0 aliphatic heterocycles. The van der Waals surface area contributed by atoms with E-state index in [0.29, 0.717) is 12.3 Å². The quantitative estimate of drug-likeness (QED) is 0.736. The van der Waals surface area contributed by atoms with E-state index in [1.165, 1.54) is 0 Å². The van der Waals surface area contributed by atoms with Gasteiger partial charge in [-0.1, -0.05) is 29.8 Å². The Labute approximate surface area is 115 Å². The van der Waals surface area contributed by atoms with Crippen molar-refractivity contribution >= 4 is 17.2 Å². The molecule has 3 rings (SSSR count). The zero-order chi connectivity index (χ0) is 13.2. The summed E-state index contributed by atoms with van der Waals surface area (Å²) in [6, 6.07) is 13.4. The minimum absolute atomic E-state index is 0.644. The summed E-state index contributed by atoms with van der Waals surface area (Å²) in [6.07, 6.45) is 0.644. The van der Waals surface area contributed by atoms with Crippen LogP contribution < -0.4 is 4.74 Å². The van der Waals surface area contributed by atoms with Gasteiger partial charge in [0, 0.05) is 17.5 Å². The lowest BCUT2D eigenvalue weighted by molar-refractivity contribution is 0.385. The molecule has 19 heavy (non-hydrogen) atoms. The largest absolute Gasteiger partial charge is 0.481 e. The third-order valence-corrected chi connectivity index (χ3v) is 3.06. The molecule has 0 atom stereocenters. The molecule has 0 radical (unpaired) electrons. The van der Waals surface area contributed by atoms with Crippen LogP contribution in [0, 0.1) is 0 Å². The number of benzene rings is 1. The monoisotopic (exact) mass is 273 g/mol. The molecule has 4 nitrogen and oxygen atoms in total. The van der Waals surface area contributed by atoms with Crippen LogP contribution >= 0.6 is 11.6 Å². The number of pyridine rings is 1. The van der Waals surface area contributed by atoms with Gasteiger partial charge in [-0.05, 0) is 23.8 Å². The Morgan fingerprint density at radius 1 is 1.21 bits per heavy atom. The second kappa shape index (κ2) is 4.90. The van der Waals surface area contributed by atoms with Crippen molar-refractivity contribution in [3.63, 3.8) is 0 Å². The first-order valence-electron chi connectivity index (χ1n) is 5.89. The highest BCUT2D eigenvalue weighted by Crippen LogP contribution is 2.16. The van der Waals surface area contributed by atoms with Gasteiger partial charge in [-0.3, -0.25) is 0 Å². The van der Waals surface area contributed by atoms with Crippen molar-refractivity contribution in [3.8, 4) is 5.88 Å². The summed E-state index contributed by atoms with van der Waals surface area (Å²) in [5.74, 6) is 1.41. The Morgan fingerprint density at radius 3 is 2.84 bits per heavy atom. The Hall–Kier alpha value is -2.07. The molecule has 0 saturated carbocycles. The Morgan fingerprint density at radius 2 is 2.05 bits per heavy atom. The van der Waals surface area contributed by atoms with E-state index in [1.54, 1.807) is 11.6 Å². The second-order valence-electron chi connectivity index (χ2n) is 4.17. The number of halogens is 1. The lowest BCUT2D eigenvalue weighted by Crippen LogP contribution is -1.96. The highest BCUT2D eigenvalue weighted by molar-refractivity contribution is 6.30. The summed E-state index contributed by atoms with van der Waals surface area (Å²) in [7, 11) is 1.62. The van der Waals surface area contributed by atoms with Gasteiger partial charge < -0.3 is 4.74 Å². The van der Waals surface area contributed by atoms with Crippen LogP contribution in [-0.2, 0) is 6.42 Å². The molecule has 3 aromatic rings. The van der Waals surface area contributed by atoms with Crippen LogP contribution in [0.2, 0.25) is 5.02 Å². The fraction of sp³-hybridized carbons (Fsp3) is 0.143. The lowest BCUT2D eigenvalue weighted by atomic mass is 10.1. The minimum Gasteiger partial charge on any atom is -0.481 e. The molecule has 0 aliphatic carbocycles. The molecule has 1 aromatic carbocycles. The van der Waals surface area contributed by atoms with Gasteiger partial charge in [0.05, 0.1) is 7.11 Å². The van der Waals surface area contributed by atoms with Gasteiger partial charge in [-0.25, -0.2) is 4.98 Å². The number of methoxy groups -OCH3 is 1. The van der Waals surface area contributed by atoms with E-state index in [1.807, 2.05) is 42.5 Å². The zero-order valence-corrected chi connectivity index (χ0v) is 11.1. The van der Waals surface area contributed by atoms with E-state index >= 15 is 0 Å². The van der Waals surface area contributed by atoms with Crippen LogP contribution in [0.3, 0.4) is 0 Å². The molecule has 2 heterocycles. The van der Waals surface area contributed by atoms with Crippen LogP contribution in [-0.4, -0.2) is 21.7 Å². The Balaban J connectivity index is 1.98. The fourth-order valence-electron chi connectivity index (χ4n) is 1.98. The standard InChI is InChI=1S/C14H12ClN3O/c1-19-14-7-3-6-13-16-12(17-18(13)14)9-10-4-2-5-11(15)8-10/h2-8H,9H2,1H3. The van der Waals surface area contributed by atoms with Crippen molar-refractivity contribution in [1.29, 1.82) is 0 Å². The van der Waals surface area contributed by atoms with Crippen LogP contribution in [0.4, 0.5) is 0 Å². The van der Waals surface area contributed by atoms with Gasteiger partial charge in [-0.2, -0.15) is 4.52 Å². The molecular weight excluding hydrogens is 262 g/mol. The topological polar surface area (TPSA) is 39.4 Å². The van der Waals surface area contributed by atoms with Crippen molar-refractivity contribution in [2.45, 2.75) is 6.42 Å². The molecular formula is C14H12ClN3O. The summed E-state index contributed by atoms with van der Waals surface area (Å²) in [5, 5.41) is 5.17. The molecule has 0 saturated heterocycles. The number of hydrogen-bond acceptors (Lipinski definition) is 3. The van der Waals surface area contributed by atoms with Crippen LogP contribution in [0.1, 0.15) is 11.4 Å². The van der Waals surface area contributed by atoms with E-state index in [0.717, 1.165) is 22.1 Å². The Kier molecular flexibility index (Phi) is 3.09. The maximum atomic E-state index is 5.97. The summed E-state index contributed by atoms with van der Waals surface area (Å²) < 4.78 is 6.94. The molecule has 96 valence electrons. The van der Waals surface area contributed by atoms with Gasteiger partial charge in [0.2, 0.25) is 5.88 Å². The normalized spacial score (nSPS) is 10.8. The maximum Gasteiger partial charge on any atom is 0.216 e. The van der Waals surface area contributed by atoms with Crippen molar-refractivity contribution in [2.75, 3.05) is 7.11 Å². The van der Waals surface area contributed by atoms with Crippen LogP contribution in [0.25, 0.3) is 5.65 Å². The molecule has 0 N–H and O–H groups in total. The van der Waals surface area contributed by atoms with Gasteiger partial charge >= 0.3 is 0 Å². The van der Waals surface area contributed by atoms with Crippen molar-refractivity contribution < 1.29 is 4.74 Å². The van der Waals surface area contributed by atoms with Crippen LogP contribution in [0.15, 0.2) is 42.5 Å². The zero-order valence-electron chi connectivity index (χ0n) is 10.4. The number of hydrogen-bond donors (Lipinski definition) is 0. The van der Waals surface area contributed by atoms with E-state index in [-0.39, 0.29) is 0 Å². The SMILES string of the molecule is COc1cccc2nc(Cc3cccc(Cl)c3)nn12.